The van der Waals surface area contributed by atoms with Crippen molar-refractivity contribution in [1.29, 1.82) is 0 Å². The summed E-state index contributed by atoms with van der Waals surface area (Å²) >= 11 is 6.01. The quantitative estimate of drug-likeness (QED) is 0.894. The first-order valence-corrected chi connectivity index (χ1v) is 7.24. The van der Waals surface area contributed by atoms with Crippen LogP contribution in [0.5, 0.6) is 0 Å². The maximum absolute atomic E-state index is 12.4. The van der Waals surface area contributed by atoms with Gasteiger partial charge in [-0.3, -0.25) is 4.79 Å². The number of anilines is 1. The largest absolute Gasteiger partial charge is 0.550 e. The van der Waals surface area contributed by atoms with Gasteiger partial charge in [0.25, 0.3) is 0 Å². The molecule has 0 bridgehead atoms. The fourth-order valence-electron chi connectivity index (χ4n) is 2.46. The summed E-state index contributed by atoms with van der Waals surface area (Å²) in [5.74, 6) is -2.39. The molecule has 1 aromatic carbocycles. The van der Waals surface area contributed by atoms with Crippen LogP contribution in [0.2, 0.25) is 5.02 Å². The molecule has 1 N–H and O–H groups in total. The molecule has 114 valence electrons. The first kappa shape index (κ1) is 15.8. The van der Waals surface area contributed by atoms with Crippen molar-refractivity contribution in [1.82, 2.24) is 0 Å². The molecule has 5 nitrogen and oxygen atoms in total. The standard InChI is InChI=1S/C15H18ClNO4/c1-9-11(16)4-2-5-12(9)17-15(20)10(8-14(18)19)13-6-3-7-21-13/h2,4-5,10,13H,3,6-8H2,1H3,(H,17,20)(H,18,19)/p-1/t10-,13-/m1/s1. The lowest BCUT2D eigenvalue weighted by Gasteiger charge is -2.23. The molecule has 0 aliphatic carbocycles. The Morgan fingerprint density at radius 3 is 2.90 bits per heavy atom. The molecule has 0 saturated carbocycles. The molecule has 1 amide bonds. The number of hydrogen-bond acceptors (Lipinski definition) is 4. The van der Waals surface area contributed by atoms with E-state index in [-0.39, 0.29) is 18.4 Å². The molecule has 1 aliphatic rings. The van der Waals surface area contributed by atoms with E-state index in [9.17, 15) is 14.7 Å². The topological polar surface area (TPSA) is 78.5 Å². The zero-order valence-corrected chi connectivity index (χ0v) is 12.5. The van der Waals surface area contributed by atoms with E-state index >= 15 is 0 Å². The van der Waals surface area contributed by atoms with Gasteiger partial charge in [0, 0.05) is 29.7 Å². The molecule has 21 heavy (non-hydrogen) atoms. The molecule has 0 aromatic heterocycles. The molecule has 6 heteroatoms. The summed E-state index contributed by atoms with van der Waals surface area (Å²) in [4.78, 5) is 23.2. The minimum absolute atomic E-state index is 0.351. The number of aliphatic carboxylic acids is 1. The van der Waals surface area contributed by atoms with Crippen LogP contribution >= 0.6 is 11.6 Å². The number of ether oxygens (including phenoxy) is 1. The maximum Gasteiger partial charge on any atom is 0.230 e. The Balaban J connectivity index is 2.14. The molecule has 0 unspecified atom stereocenters. The molecule has 1 fully saturated rings. The minimum Gasteiger partial charge on any atom is -0.550 e. The van der Waals surface area contributed by atoms with Crippen LogP contribution in [-0.4, -0.2) is 24.6 Å². The number of carbonyl (C=O) groups excluding carboxylic acids is 2. The summed E-state index contributed by atoms with van der Waals surface area (Å²) in [6, 6.07) is 5.18. The maximum atomic E-state index is 12.4. The second kappa shape index (κ2) is 6.91. The normalized spacial score (nSPS) is 19.2. The summed E-state index contributed by atoms with van der Waals surface area (Å²) in [6.07, 6.45) is 0.788. The van der Waals surface area contributed by atoms with Crippen molar-refractivity contribution in [3.8, 4) is 0 Å². The van der Waals surface area contributed by atoms with Crippen molar-refractivity contribution in [2.45, 2.75) is 32.3 Å². The summed E-state index contributed by atoms with van der Waals surface area (Å²) in [6.45, 7) is 2.34. The average Bonchev–Trinajstić information content (AvgIpc) is 2.94. The van der Waals surface area contributed by atoms with Crippen molar-refractivity contribution in [2.75, 3.05) is 11.9 Å². The molecule has 1 aliphatic heterocycles. The minimum atomic E-state index is -1.26. The van der Waals surface area contributed by atoms with Gasteiger partial charge < -0.3 is 20.0 Å². The van der Waals surface area contributed by atoms with Crippen LogP contribution in [0, 0.1) is 12.8 Å². The summed E-state index contributed by atoms with van der Waals surface area (Å²) in [7, 11) is 0. The summed E-state index contributed by atoms with van der Waals surface area (Å²) in [5.41, 5.74) is 1.32. The predicted molar refractivity (Wildman–Crippen MR) is 76.9 cm³/mol. The summed E-state index contributed by atoms with van der Waals surface area (Å²) < 4.78 is 5.45. The molecular weight excluding hydrogens is 294 g/mol. The number of hydrogen-bond donors (Lipinski definition) is 1. The fourth-order valence-corrected chi connectivity index (χ4v) is 2.64. The van der Waals surface area contributed by atoms with Crippen LogP contribution in [0.15, 0.2) is 18.2 Å². The molecule has 1 heterocycles. The van der Waals surface area contributed by atoms with E-state index in [1.807, 2.05) is 0 Å². The van der Waals surface area contributed by atoms with Gasteiger partial charge in [0.1, 0.15) is 0 Å². The Labute approximate surface area is 128 Å². The van der Waals surface area contributed by atoms with E-state index in [1.54, 1.807) is 25.1 Å². The van der Waals surface area contributed by atoms with Crippen LogP contribution in [0.1, 0.15) is 24.8 Å². The SMILES string of the molecule is Cc1c(Cl)cccc1NC(=O)[C@H](CC(=O)[O-])[C@H]1CCCO1. The van der Waals surface area contributed by atoms with Gasteiger partial charge in [0.05, 0.1) is 12.0 Å². The van der Waals surface area contributed by atoms with Gasteiger partial charge in [-0.2, -0.15) is 0 Å². The highest BCUT2D eigenvalue weighted by Crippen LogP contribution is 2.27. The Morgan fingerprint density at radius 2 is 2.29 bits per heavy atom. The van der Waals surface area contributed by atoms with Gasteiger partial charge in [-0.15, -0.1) is 0 Å². The van der Waals surface area contributed by atoms with E-state index in [0.29, 0.717) is 23.7 Å². The van der Waals surface area contributed by atoms with E-state index in [2.05, 4.69) is 5.32 Å². The Morgan fingerprint density at radius 1 is 1.52 bits per heavy atom. The highest BCUT2D eigenvalue weighted by atomic mass is 35.5. The van der Waals surface area contributed by atoms with Crippen molar-refractivity contribution in [3.63, 3.8) is 0 Å². The van der Waals surface area contributed by atoms with Gasteiger partial charge in [-0.05, 0) is 37.5 Å². The van der Waals surface area contributed by atoms with E-state index in [4.69, 9.17) is 16.3 Å². The molecule has 2 atom stereocenters. The Hall–Kier alpha value is -1.59. The number of rotatable bonds is 5. The molecule has 2 rings (SSSR count). The van der Waals surface area contributed by atoms with E-state index in [0.717, 1.165) is 12.0 Å². The zero-order valence-electron chi connectivity index (χ0n) is 11.7. The molecular formula is C15H17ClNO4-. The lowest BCUT2D eigenvalue weighted by atomic mass is 9.95. The second-order valence-electron chi connectivity index (χ2n) is 5.14. The van der Waals surface area contributed by atoms with Gasteiger partial charge in [-0.1, -0.05) is 17.7 Å². The first-order valence-electron chi connectivity index (χ1n) is 6.86. The third-order valence-electron chi connectivity index (χ3n) is 3.66. The van der Waals surface area contributed by atoms with Crippen molar-refractivity contribution in [2.24, 2.45) is 5.92 Å². The number of halogens is 1. The highest BCUT2D eigenvalue weighted by molar-refractivity contribution is 6.31. The van der Waals surface area contributed by atoms with E-state index in [1.165, 1.54) is 0 Å². The smallest absolute Gasteiger partial charge is 0.230 e. The third kappa shape index (κ3) is 3.95. The summed E-state index contributed by atoms with van der Waals surface area (Å²) in [5, 5.41) is 14.2. The molecule has 0 spiro atoms. The number of carbonyl (C=O) groups is 2. The van der Waals surface area contributed by atoms with Gasteiger partial charge >= 0.3 is 0 Å². The van der Waals surface area contributed by atoms with Crippen LogP contribution in [-0.2, 0) is 14.3 Å². The van der Waals surface area contributed by atoms with Crippen molar-refractivity contribution >= 4 is 29.2 Å². The van der Waals surface area contributed by atoms with Crippen LogP contribution in [0.4, 0.5) is 5.69 Å². The monoisotopic (exact) mass is 310 g/mol. The average molecular weight is 311 g/mol. The Bertz CT molecular complexity index is 540. The number of benzene rings is 1. The molecule has 1 saturated heterocycles. The number of nitrogens with one attached hydrogen (secondary N) is 1. The molecule has 1 aromatic rings. The predicted octanol–water partition coefficient (Wildman–Crippen LogP) is 1.52. The lowest BCUT2D eigenvalue weighted by molar-refractivity contribution is -0.307. The highest BCUT2D eigenvalue weighted by Gasteiger charge is 2.32. The number of amides is 1. The lowest BCUT2D eigenvalue weighted by Crippen LogP contribution is -2.38. The van der Waals surface area contributed by atoms with Crippen molar-refractivity contribution in [3.05, 3.63) is 28.8 Å². The van der Waals surface area contributed by atoms with Gasteiger partial charge in [-0.25, -0.2) is 0 Å². The van der Waals surface area contributed by atoms with E-state index < -0.39 is 11.9 Å². The van der Waals surface area contributed by atoms with Crippen LogP contribution < -0.4 is 10.4 Å². The number of carboxylic acids is 1. The molecule has 0 radical (unpaired) electrons. The van der Waals surface area contributed by atoms with Crippen LogP contribution in [0.3, 0.4) is 0 Å². The Kier molecular flexibility index (Phi) is 5.20. The first-order chi connectivity index (χ1) is 9.99. The van der Waals surface area contributed by atoms with Crippen LogP contribution in [0.25, 0.3) is 0 Å². The fraction of sp³-hybridized carbons (Fsp3) is 0.467. The van der Waals surface area contributed by atoms with Gasteiger partial charge in [0.2, 0.25) is 5.91 Å². The third-order valence-corrected chi connectivity index (χ3v) is 4.07. The van der Waals surface area contributed by atoms with Crippen molar-refractivity contribution < 1.29 is 19.4 Å². The second-order valence-corrected chi connectivity index (χ2v) is 5.54. The zero-order chi connectivity index (χ0) is 15.4. The van der Waals surface area contributed by atoms with Gasteiger partial charge in [0.15, 0.2) is 0 Å². The number of carboxylic acid groups (broad SMARTS) is 1.